The van der Waals surface area contributed by atoms with Crippen LogP contribution >= 0.6 is 0 Å². The molecule has 0 fully saturated rings. The fraction of sp³-hybridized carbons (Fsp3) is 0.143. The van der Waals surface area contributed by atoms with E-state index in [1.165, 1.54) is 23.8 Å². The molecule has 0 aliphatic rings. The van der Waals surface area contributed by atoms with Gasteiger partial charge in [-0.25, -0.2) is 13.9 Å². The number of alkyl halides is 3. The lowest BCUT2D eigenvalue weighted by Gasteiger charge is -2.10. The van der Waals surface area contributed by atoms with Gasteiger partial charge in [0.15, 0.2) is 11.4 Å². The van der Waals surface area contributed by atoms with Crippen molar-refractivity contribution in [3.63, 3.8) is 0 Å². The standard InChI is InChI=1S/C14H8F4N4O2/c1-7(23)13-20-12-5-19-11(6-22(12)21-13)9-3-2-8(4-10(9)15)24-14(16,17)18/h2-6H,1H3. The molecule has 0 saturated carbocycles. The number of hydrogen-bond donors (Lipinski definition) is 0. The summed E-state index contributed by atoms with van der Waals surface area (Å²) in [7, 11) is 0. The summed E-state index contributed by atoms with van der Waals surface area (Å²) in [6.45, 7) is 1.29. The van der Waals surface area contributed by atoms with E-state index in [2.05, 4.69) is 19.8 Å². The fourth-order valence-corrected chi connectivity index (χ4v) is 1.98. The molecule has 3 rings (SSSR count). The Morgan fingerprint density at radius 3 is 2.67 bits per heavy atom. The first-order chi connectivity index (χ1) is 11.2. The largest absolute Gasteiger partial charge is 0.573 e. The van der Waals surface area contributed by atoms with E-state index in [4.69, 9.17) is 0 Å². The van der Waals surface area contributed by atoms with E-state index in [9.17, 15) is 22.4 Å². The Morgan fingerprint density at radius 2 is 2.04 bits per heavy atom. The highest BCUT2D eigenvalue weighted by molar-refractivity contribution is 5.90. The number of nitrogens with zero attached hydrogens (tertiary/aromatic N) is 4. The summed E-state index contributed by atoms with van der Waals surface area (Å²) in [5.74, 6) is -2.00. The first-order valence-corrected chi connectivity index (χ1v) is 6.52. The molecule has 0 spiro atoms. The Morgan fingerprint density at radius 1 is 1.29 bits per heavy atom. The molecule has 2 heterocycles. The quantitative estimate of drug-likeness (QED) is 0.541. The van der Waals surface area contributed by atoms with E-state index in [0.29, 0.717) is 6.07 Å². The molecule has 10 heteroatoms. The zero-order chi connectivity index (χ0) is 17.5. The third-order valence-electron chi connectivity index (χ3n) is 2.99. The van der Waals surface area contributed by atoms with Gasteiger partial charge in [0.2, 0.25) is 5.82 Å². The van der Waals surface area contributed by atoms with Crippen LogP contribution in [0.4, 0.5) is 17.6 Å². The predicted molar refractivity (Wildman–Crippen MR) is 72.9 cm³/mol. The molecule has 0 unspecified atom stereocenters. The number of fused-ring (bicyclic) bond motifs is 1. The molecule has 0 bridgehead atoms. The Kier molecular flexibility index (Phi) is 3.66. The summed E-state index contributed by atoms with van der Waals surface area (Å²) in [4.78, 5) is 19.2. The number of benzene rings is 1. The van der Waals surface area contributed by atoms with Crippen molar-refractivity contribution >= 4 is 11.4 Å². The molecule has 0 aliphatic heterocycles. The molecule has 24 heavy (non-hydrogen) atoms. The molecule has 1 aromatic carbocycles. The average Bonchev–Trinajstić information content (AvgIpc) is 2.89. The lowest BCUT2D eigenvalue weighted by Crippen LogP contribution is -2.17. The zero-order valence-corrected chi connectivity index (χ0v) is 12.0. The summed E-state index contributed by atoms with van der Waals surface area (Å²) in [5, 5.41) is 3.91. The van der Waals surface area contributed by atoms with Crippen LogP contribution in [0.3, 0.4) is 0 Å². The summed E-state index contributed by atoms with van der Waals surface area (Å²) in [5.41, 5.74) is 0.339. The maximum absolute atomic E-state index is 14.1. The van der Waals surface area contributed by atoms with Crippen molar-refractivity contribution in [2.75, 3.05) is 0 Å². The SMILES string of the molecule is CC(=O)c1nc2cnc(-c3ccc(OC(F)(F)F)cc3F)cn2n1. The van der Waals surface area contributed by atoms with Crippen LogP contribution in [0.5, 0.6) is 5.75 Å². The van der Waals surface area contributed by atoms with Crippen molar-refractivity contribution in [3.8, 4) is 17.0 Å². The van der Waals surface area contributed by atoms with E-state index < -0.39 is 17.9 Å². The third-order valence-corrected chi connectivity index (χ3v) is 2.99. The molecular formula is C14H8F4N4O2. The van der Waals surface area contributed by atoms with Gasteiger partial charge in [0.25, 0.3) is 0 Å². The Bertz CT molecular complexity index is 936. The molecule has 6 nitrogen and oxygen atoms in total. The van der Waals surface area contributed by atoms with Crippen LogP contribution < -0.4 is 4.74 Å². The van der Waals surface area contributed by atoms with E-state index >= 15 is 0 Å². The molecule has 0 aliphatic carbocycles. The molecule has 0 N–H and O–H groups in total. The smallest absolute Gasteiger partial charge is 0.406 e. The molecule has 0 saturated heterocycles. The number of ketones is 1. The molecule has 0 amide bonds. The van der Waals surface area contributed by atoms with E-state index in [1.807, 2.05) is 0 Å². The van der Waals surface area contributed by atoms with Gasteiger partial charge >= 0.3 is 6.36 Å². The first-order valence-electron chi connectivity index (χ1n) is 6.52. The van der Waals surface area contributed by atoms with Gasteiger partial charge in [-0.3, -0.25) is 9.78 Å². The summed E-state index contributed by atoms with van der Waals surface area (Å²) in [6.07, 6.45) is -2.32. The van der Waals surface area contributed by atoms with Crippen molar-refractivity contribution in [1.29, 1.82) is 0 Å². The number of carbonyl (C=O) groups is 1. The first kappa shape index (κ1) is 15.8. The molecule has 0 atom stereocenters. The number of Topliss-reactive ketones (excluding diaryl/α,β-unsaturated/α-hetero) is 1. The van der Waals surface area contributed by atoms with Crippen LogP contribution in [-0.4, -0.2) is 31.7 Å². The monoisotopic (exact) mass is 340 g/mol. The van der Waals surface area contributed by atoms with Gasteiger partial charge in [-0.1, -0.05) is 0 Å². The van der Waals surface area contributed by atoms with Crippen LogP contribution in [0, 0.1) is 5.82 Å². The summed E-state index contributed by atoms with van der Waals surface area (Å²) >= 11 is 0. The van der Waals surface area contributed by atoms with Crippen LogP contribution in [0.15, 0.2) is 30.6 Å². The van der Waals surface area contributed by atoms with Crippen LogP contribution in [0.1, 0.15) is 17.5 Å². The summed E-state index contributed by atoms with van der Waals surface area (Å²) in [6, 6.07) is 2.69. The van der Waals surface area contributed by atoms with Crippen LogP contribution in [-0.2, 0) is 0 Å². The van der Waals surface area contributed by atoms with Crippen molar-refractivity contribution in [1.82, 2.24) is 19.6 Å². The van der Waals surface area contributed by atoms with Gasteiger partial charge in [0.1, 0.15) is 11.6 Å². The highest BCUT2D eigenvalue weighted by Crippen LogP contribution is 2.28. The Hall–Kier alpha value is -3.04. The van der Waals surface area contributed by atoms with Crippen molar-refractivity contribution in [2.24, 2.45) is 0 Å². The average molecular weight is 340 g/mol. The zero-order valence-electron chi connectivity index (χ0n) is 12.0. The predicted octanol–water partition coefficient (Wildman–Crippen LogP) is 3.03. The molecule has 2 aromatic heterocycles. The number of carbonyl (C=O) groups excluding carboxylic acids is 1. The number of aromatic nitrogens is 4. The van der Waals surface area contributed by atoms with Gasteiger partial charge in [0, 0.05) is 18.6 Å². The Labute approximate surface area is 131 Å². The lowest BCUT2D eigenvalue weighted by atomic mass is 10.1. The van der Waals surface area contributed by atoms with E-state index in [-0.39, 0.29) is 28.5 Å². The minimum absolute atomic E-state index is 0.0247. The van der Waals surface area contributed by atoms with E-state index in [1.54, 1.807) is 0 Å². The van der Waals surface area contributed by atoms with Gasteiger partial charge < -0.3 is 4.74 Å². The second kappa shape index (κ2) is 5.55. The summed E-state index contributed by atoms with van der Waals surface area (Å²) < 4.78 is 55.3. The maximum Gasteiger partial charge on any atom is 0.573 e. The third kappa shape index (κ3) is 3.16. The topological polar surface area (TPSA) is 69.4 Å². The van der Waals surface area contributed by atoms with Gasteiger partial charge in [0.05, 0.1) is 18.1 Å². The van der Waals surface area contributed by atoms with Gasteiger partial charge in [-0.2, -0.15) is 0 Å². The van der Waals surface area contributed by atoms with Gasteiger partial charge in [-0.15, -0.1) is 18.3 Å². The molecule has 0 radical (unpaired) electrons. The van der Waals surface area contributed by atoms with Gasteiger partial charge in [-0.05, 0) is 12.1 Å². The number of rotatable bonds is 3. The fourth-order valence-electron chi connectivity index (χ4n) is 1.98. The molecular weight excluding hydrogens is 332 g/mol. The number of ether oxygens (including phenoxy) is 1. The molecule has 3 aromatic rings. The van der Waals surface area contributed by atoms with E-state index in [0.717, 1.165) is 12.1 Å². The minimum atomic E-state index is -4.91. The minimum Gasteiger partial charge on any atom is -0.406 e. The Balaban J connectivity index is 1.99. The van der Waals surface area contributed by atoms with Crippen molar-refractivity contribution in [2.45, 2.75) is 13.3 Å². The van der Waals surface area contributed by atoms with Crippen LogP contribution in [0.2, 0.25) is 0 Å². The highest BCUT2D eigenvalue weighted by Gasteiger charge is 2.31. The normalized spacial score (nSPS) is 11.7. The molecule has 124 valence electrons. The number of hydrogen-bond acceptors (Lipinski definition) is 5. The second-order valence-electron chi connectivity index (χ2n) is 4.76. The highest BCUT2D eigenvalue weighted by atomic mass is 19.4. The number of halogens is 4. The van der Waals surface area contributed by atoms with Crippen LogP contribution in [0.25, 0.3) is 16.9 Å². The maximum atomic E-state index is 14.1. The van der Waals surface area contributed by atoms with Crippen molar-refractivity contribution < 1.29 is 27.1 Å². The lowest BCUT2D eigenvalue weighted by molar-refractivity contribution is -0.274. The second-order valence-corrected chi connectivity index (χ2v) is 4.76. The van der Waals surface area contributed by atoms with Crippen molar-refractivity contribution in [3.05, 3.63) is 42.2 Å².